The van der Waals surface area contributed by atoms with Gasteiger partial charge in [0.1, 0.15) is 91.4 Å². The number of amides is 24. The molecule has 12 bridgehead atoms. The number of fused-ring (bicyclic) bond motifs is 8. The lowest BCUT2D eigenvalue weighted by Crippen LogP contribution is -2.62. The predicted molar refractivity (Wildman–Crippen MR) is 208 cm³/mol. The van der Waals surface area contributed by atoms with Crippen LogP contribution in [0.15, 0.2) is 0 Å². The van der Waals surface area contributed by atoms with Crippen LogP contribution in [-0.2, 0) is 0 Å². The zero-order chi connectivity index (χ0) is 47.3. The fourth-order valence-electron chi connectivity index (χ4n) is 14.3. The summed E-state index contributed by atoms with van der Waals surface area (Å²) in [6.07, 6.45) is -13.7. The molecule has 364 valence electrons. The number of carbonyl (C=O) groups excluding carboxylic acids is 12. The largest absolute Gasteiger partial charge is 0.326 e. The van der Waals surface area contributed by atoms with Crippen LogP contribution in [0.5, 0.6) is 0 Å². The highest BCUT2D eigenvalue weighted by molar-refractivity contribution is 5.94. The van der Waals surface area contributed by atoms with E-state index in [1.165, 1.54) is 98.0 Å². The summed E-state index contributed by atoms with van der Waals surface area (Å²) >= 11 is 0. The summed E-state index contributed by atoms with van der Waals surface area (Å²) < 4.78 is 0. The third-order valence-electron chi connectivity index (χ3n) is 17.2. The van der Waals surface area contributed by atoms with Crippen LogP contribution in [0.25, 0.3) is 0 Å². The summed E-state index contributed by atoms with van der Waals surface area (Å²) in [4.78, 5) is 200. The topological polar surface area (TPSA) is 318 Å². The Labute approximate surface area is 389 Å². The molecule has 0 spiro atoms. The SMILES string of the molecule is O=C1N2CN3C(=O)N[C@@H]4[C@H]3N3CN5C(=O)N6CN7C(=O)N(CN8C(=O)N9CN%10C(=O)N%11CN%12C(=O)N(CN4C3=O)[C@@H]3NC(=O)N(CN4C(=O)N(CN%13C(=O)N[C@H]8[C@@H]%139)[C@H]%10[C@@H]4%11)[C@@H]3%12)[C@H]3NC(=O)N(CN1[C@H]6[C@@H]25)[C@H]37. The van der Waals surface area contributed by atoms with Crippen LogP contribution in [0.2, 0.25) is 0 Å². The molecule has 17 saturated heterocycles. The minimum Gasteiger partial charge on any atom is -0.314 e. The Hall–Kier alpha value is -8.76. The molecule has 0 radical (unpaired) electrons. The third kappa shape index (κ3) is 3.76. The van der Waals surface area contributed by atoms with Gasteiger partial charge in [0, 0.05) is 0 Å². The second-order valence-corrected chi connectivity index (χ2v) is 20.0. The number of hydrogen-bond donors (Lipinski definition) is 4. The maximum Gasteiger partial charge on any atom is 0.326 e. The first-order valence-electron chi connectivity index (χ1n) is 22.6. The van der Waals surface area contributed by atoms with Crippen molar-refractivity contribution in [3.05, 3.63) is 0 Å². The lowest BCUT2D eigenvalue weighted by Gasteiger charge is -2.41. The predicted octanol–water partition coefficient (Wildman–Crippen LogP) is -6.46. The average molecular weight is 973 g/mol. The molecule has 0 aromatic carbocycles. The first-order valence-corrected chi connectivity index (χ1v) is 22.6. The molecule has 0 aromatic rings. The Balaban J connectivity index is 0.828. The van der Waals surface area contributed by atoms with Crippen LogP contribution in [0.4, 0.5) is 57.5 Å². The van der Waals surface area contributed by atoms with Crippen molar-refractivity contribution in [2.75, 3.05) is 66.7 Å². The van der Waals surface area contributed by atoms with Gasteiger partial charge >= 0.3 is 72.4 Å². The molecular weight excluding hydrogens is 937 g/mol. The van der Waals surface area contributed by atoms with Crippen molar-refractivity contribution in [1.82, 2.24) is 119 Å². The van der Waals surface area contributed by atoms with E-state index >= 15 is 0 Å². The van der Waals surface area contributed by atoms with Crippen LogP contribution >= 0.6 is 0 Å². The lowest BCUT2D eigenvalue weighted by atomic mass is 10.3. The Kier molecular flexibility index (Phi) is 5.97. The van der Waals surface area contributed by atoms with Crippen molar-refractivity contribution in [2.45, 2.75) is 74.0 Å². The fraction of sp³-hybridized carbons (Fsp3) is 0.647. The third-order valence-corrected chi connectivity index (χ3v) is 17.2. The second-order valence-electron chi connectivity index (χ2n) is 20.0. The van der Waals surface area contributed by atoms with Gasteiger partial charge < -0.3 is 21.3 Å². The quantitative estimate of drug-likeness (QED) is 0.176. The Bertz CT molecular complexity index is 2430. The fourth-order valence-corrected chi connectivity index (χ4v) is 14.3. The molecule has 17 rings (SSSR count). The molecule has 17 heterocycles. The number of nitrogens with one attached hydrogen (secondary N) is 4. The van der Waals surface area contributed by atoms with Gasteiger partial charge in [-0.2, -0.15) is 0 Å². The molecule has 0 unspecified atom stereocenters. The lowest BCUT2D eigenvalue weighted by molar-refractivity contribution is -0.0118. The second kappa shape index (κ2) is 11.2. The Morgan fingerprint density at radius 2 is 0.343 bits per heavy atom. The van der Waals surface area contributed by atoms with Crippen LogP contribution < -0.4 is 21.3 Å². The number of urea groups is 12. The summed E-state index contributed by atoms with van der Waals surface area (Å²) in [5.74, 6) is 0. The maximum atomic E-state index is 14.9. The van der Waals surface area contributed by atoms with Crippen LogP contribution in [0.1, 0.15) is 0 Å². The van der Waals surface area contributed by atoms with E-state index in [-0.39, 0.29) is 0 Å². The molecule has 70 heavy (non-hydrogen) atoms. The Morgan fingerprint density at radius 1 is 0.200 bits per heavy atom. The molecule has 17 fully saturated rings. The number of rotatable bonds is 0. The van der Waals surface area contributed by atoms with E-state index in [4.69, 9.17) is 0 Å². The summed E-state index contributed by atoms with van der Waals surface area (Å²) in [6, 6.07) is -8.21. The zero-order valence-corrected chi connectivity index (χ0v) is 35.8. The molecule has 0 saturated carbocycles. The molecule has 12 atom stereocenters. The highest BCUT2D eigenvalue weighted by Crippen LogP contribution is 2.47. The van der Waals surface area contributed by atoms with E-state index in [9.17, 15) is 57.5 Å². The molecular formula is C34H36N24O12. The Morgan fingerprint density at radius 3 is 0.543 bits per heavy atom. The van der Waals surface area contributed by atoms with Crippen molar-refractivity contribution in [1.29, 1.82) is 0 Å². The smallest absolute Gasteiger partial charge is 0.314 e. The highest BCUT2D eigenvalue weighted by Gasteiger charge is 2.72. The van der Waals surface area contributed by atoms with Gasteiger partial charge in [-0.05, 0) is 0 Å². The molecule has 4 N–H and O–H groups in total. The number of nitrogens with zero attached hydrogens (tertiary/aromatic N) is 20. The van der Waals surface area contributed by atoms with Gasteiger partial charge in [0.15, 0.2) is 49.3 Å². The van der Waals surface area contributed by atoms with Crippen molar-refractivity contribution in [2.24, 2.45) is 0 Å². The first kappa shape index (κ1) is 37.2. The van der Waals surface area contributed by atoms with Gasteiger partial charge in [-0.1, -0.05) is 0 Å². The summed E-state index contributed by atoms with van der Waals surface area (Å²) in [5.41, 5.74) is 0. The van der Waals surface area contributed by atoms with Crippen LogP contribution in [0.3, 0.4) is 0 Å². The normalized spacial score (nSPS) is 39.7. The number of hydrogen-bond acceptors (Lipinski definition) is 12. The van der Waals surface area contributed by atoms with Gasteiger partial charge in [-0.3, -0.25) is 98.0 Å². The number of carbonyl (C=O) groups is 12. The van der Waals surface area contributed by atoms with Gasteiger partial charge in [-0.25, -0.2) is 57.5 Å². The standard InChI is InChI=1S/C34H36N24O12/c59-23-35-11-15-43(23)3-51-19-21-53(31(51)67)5-45-17-13(37-25(45)61)41-2-42-14-18-46(26(62)38-14)6-54-22-20-52(32(54)68)4-44-16-12(36-24(44)60)40(28(64)48(16)8-56(20)34(70)58(22)10-50(18)30(42)66)1-39(11)27(63)47(15)7-55(19)33(69)57(21)9-49(17)29(41)65/h11-22H,1-10H2,(H,35,59)(H,36,60)(H,37,61)(H,38,62)/t11-,12-,13+,14+,15+,16+,17-,18-,19-,20-,21+,22+. The summed E-state index contributed by atoms with van der Waals surface area (Å²) in [6.45, 7) is -4.64. The monoisotopic (exact) mass is 972 g/mol. The van der Waals surface area contributed by atoms with Crippen molar-refractivity contribution in [3.8, 4) is 0 Å². The van der Waals surface area contributed by atoms with E-state index in [0.29, 0.717) is 0 Å². The van der Waals surface area contributed by atoms with E-state index in [0.717, 1.165) is 0 Å². The molecule has 0 aromatic heterocycles. The molecule has 17 aliphatic rings. The van der Waals surface area contributed by atoms with Crippen molar-refractivity contribution in [3.63, 3.8) is 0 Å². The van der Waals surface area contributed by atoms with Gasteiger partial charge in [-0.15, -0.1) is 0 Å². The van der Waals surface area contributed by atoms with Crippen LogP contribution in [0, 0.1) is 0 Å². The molecule has 17 aliphatic heterocycles. The van der Waals surface area contributed by atoms with E-state index in [1.807, 2.05) is 0 Å². The minimum absolute atomic E-state index is 0.424. The molecule has 24 amide bonds. The van der Waals surface area contributed by atoms with Gasteiger partial charge in [0.25, 0.3) is 0 Å². The van der Waals surface area contributed by atoms with Crippen molar-refractivity contribution < 1.29 is 57.5 Å². The highest BCUT2D eigenvalue weighted by atomic mass is 16.2. The van der Waals surface area contributed by atoms with E-state index in [1.54, 1.807) is 0 Å². The maximum absolute atomic E-state index is 14.9. The average Bonchev–Trinajstić information content (AvgIpc) is 4.22. The summed E-state index contributed by atoms with van der Waals surface area (Å²) in [5, 5.41) is 11.2. The minimum atomic E-state index is -1.16. The van der Waals surface area contributed by atoms with Crippen molar-refractivity contribution >= 4 is 72.4 Å². The molecule has 36 nitrogen and oxygen atoms in total. The summed E-state index contributed by atoms with van der Waals surface area (Å²) in [7, 11) is 0. The van der Waals surface area contributed by atoms with Crippen LogP contribution in [-0.4, -0.2) is 311 Å². The molecule has 36 heteroatoms. The first-order chi connectivity index (χ1) is 33.7. The van der Waals surface area contributed by atoms with Gasteiger partial charge in [0.2, 0.25) is 0 Å². The van der Waals surface area contributed by atoms with E-state index in [2.05, 4.69) is 21.3 Å². The zero-order valence-electron chi connectivity index (χ0n) is 35.8. The molecule has 0 aliphatic carbocycles. The van der Waals surface area contributed by atoms with Gasteiger partial charge in [0.05, 0.1) is 0 Å². The van der Waals surface area contributed by atoms with E-state index < -0.39 is 213 Å².